The maximum atomic E-state index is 11.0. The Bertz CT molecular complexity index is 281. The molecule has 2 atom stereocenters. The lowest BCUT2D eigenvalue weighted by atomic mass is 10.3. The molecule has 1 unspecified atom stereocenters. The number of hydrogen-bond acceptors (Lipinski definition) is 5. The van der Waals surface area contributed by atoms with Crippen LogP contribution in [-0.2, 0) is 14.4 Å². The first kappa shape index (κ1) is 11.0. The molecule has 1 rings (SSSR count). The largest absolute Gasteiger partial charge is 0.480 e. The van der Waals surface area contributed by atoms with Crippen LogP contribution in [0.15, 0.2) is 0 Å². The number of carbonyl (C=O) groups is 3. The van der Waals surface area contributed by atoms with E-state index in [0.29, 0.717) is 0 Å². The summed E-state index contributed by atoms with van der Waals surface area (Å²) in [4.78, 5) is 32.1. The molecule has 0 aromatic heterocycles. The molecule has 0 saturated carbocycles. The normalized spacial score (nSPS) is 23.4. The summed E-state index contributed by atoms with van der Waals surface area (Å²) in [6.07, 6.45) is 0.107. The third kappa shape index (κ3) is 2.71. The summed E-state index contributed by atoms with van der Waals surface area (Å²) in [5.74, 6) is -1.67. The third-order valence-corrected chi connectivity index (χ3v) is 3.05. The Morgan fingerprint density at radius 2 is 2.36 bits per heavy atom. The molecule has 1 saturated heterocycles. The lowest BCUT2D eigenvalue weighted by molar-refractivity contribution is -0.138. The van der Waals surface area contributed by atoms with Crippen LogP contribution in [-0.4, -0.2) is 39.9 Å². The predicted molar refractivity (Wildman–Crippen MR) is 49.6 cm³/mol. The number of nitrogens with two attached hydrogens (primary N) is 1. The Kier molecular flexibility index (Phi) is 3.48. The SMILES string of the molecule is N[C@@H](CSC1CC(=O)NC1=O)C(=O)O. The van der Waals surface area contributed by atoms with Gasteiger partial charge in [-0.3, -0.25) is 19.7 Å². The molecular weight excluding hydrogens is 208 g/mol. The molecule has 78 valence electrons. The van der Waals surface area contributed by atoms with Crippen LogP contribution >= 0.6 is 11.8 Å². The number of imide groups is 1. The van der Waals surface area contributed by atoms with Crippen molar-refractivity contribution in [2.45, 2.75) is 17.7 Å². The molecule has 0 aromatic rings. The minimum absolute atomic E-state index is 0.107. The highest BCUT2D eigenvalue weighted by atomic mass is 32.2. The Balaban J connectivity index is 2.35. The van der Waals surface area contributed by atoms with Crippen LogP contribution in [0.2, 0.25) is 0 Å². The molecule has 1 heterocycles. The van der Waals surface area contributed by atoms with Crippen LogP contribution in [0.25, 0.3) is 0 Å². The zero-order chi connectivity index (χ0) is 10.7. The first-order chi connectivity index (χ1) is 6.50. The zero-order valence-electron chi connectivity index (χ0n) is 7.23. The van der Waals surface area contributed by atoms with Gasteiger partial charge in [0.05, 0.1) is 5.25 Å². The van der Waals surface area contributed by atoms with Crippen LogP contribution in [0.4, 0.5) is 0 Å². The van der Waals surface area contributed by atoms with E-state index in [-0.39, 0.29) is 24.0 Å². The first-order valence-electron chi connectivity index (χ1n) is 3.94. The van der Waals surface area contributed by atoms with E-state index < -0.39 is 17.3 Å². The number of aliphatic carboxylic acids is 1. The number of thioether (sulfide) groups is 1. The van der Waals surface area contributed by atoms with Gasteiger partial charge in [-0.1, -0.05) is 0 Å². The lowest BCUT2D eigenvalue weighted by Gasteiger charge is -2.08. The van der Waals surface area contributed by atoms with Gasteiger partial charge in [0, 0.05) is 12.2 Å². The van der Waals surface area contributed by atoms with Gasteiger partial charge in [0.25, 0.3) is 0 Å². The van der Waals surface area contributed by atoms with Gasteiger partial charge in [-0.25, -0.2) is 0 Å². The summed E-state index contributed by atoms with van der Waals surface area (Å²) in [5, 5.41) is 10.1. The molecule has 1 aliphatic heterocycles. The lowest BCUT2D eigenvalue weighted by Crippen LogP contribution is -2.34. The van der Waals surface area contributed by atoms with Gasteiger partial charge >= 0.3 is 5.97 Å². The Morgan fingerprint density at radius 3 is 2.79 bits per heavy atom. The molecule has 0 spiro atoms. The van der Waals surface area contributed by atoms with Gasteiger partial charge in [0.15, 0.2) is 0 Å². The second kappa shape index (κ2) is 4.43. The topological polar surface area (TPSA) is 109 Å². The van der Waals surface area contributed by atoms with Crippen molar-refractivity contribution < 1.29 is 19.5 Å². The third-order valence-electron chi connectivity index (χ3n) is 1.72. The number of amides is 2. The number of carbonyl (C=O) groups excluding carboxylic acids is 2. The van der Waals surface area contributed by atoms with Crippen LogP contribution in [0.3, 0.4) is 0 Å². The minimum Gasteiger partial charge on any atom is -0.480 e. The van der Waals surface area contributed by atoms with Crippen molar-refractivity contribution in [3.63, 3.8) is 0 Å². The fourth-order valence-electron chi connectivity index (χ4n) is 0.956. The number of hydrogen-bond donors (Lipinski definition) is 3. The zero-order valence-corrected chi connectivity index (χ0v) is 8.04. The van der Waals surface area contributed by atoms with Crippen molar-refractivity contribution in [1.82, 2.24) is 5.32 Å². The van der Waals surface area contributed by atoms with E-state index in [0.717, 1.165) is 11.8 Å². The highest BCUT2D eigenvalue weighted by Crippen LogP contribution is 2.19. The number of carboxylic acids is 1. The maximum Gasteiger partial charge on any atom is 0.321 e. The van der Waals surface area contributed by atoms with Crippen LogP contribution in [0.1, 0.15) is 6.42 Å². The van der Waals surface area contributed by atoms with Crippen LogP contribution < -0.4 is 11.1 Å². The molecule has 0 radical (unpaired) electrons. The molecule has 6 nitrogen and oxygen atoms in total. The summed E-state index contributed by atoms with van der Waals surface area (Å²) in [7, 11) is 0. The van der Waals surface area contributed by atoms with Crippen molar-refractivity contribution in [2.24, 2.45) is 5.73 Å². The summed E-state index contributed by atoms with van der Waals surface area (Å²) in [5.41, 5.74) is 5.24. The van der Waals surface area contributed by atoms with E-state index >= 15 is 0 Å². The van der Waals surface area contributed by atoms with Crippen molar-refractivity contribution >= 4 is 29.5 Å². The number of rotatable bonds is 4. The summed E-state index contributed by atoms with van der Waals surface area (Å²) < 4.78 is 0. The highest BCUT2D eigenvalue weighted by Gasteiger charge is 2.31. The van der Waals surface area contributed by atoms with E-state index in [1.54, 1.807) is 0 Å². The molecule has 1 fully saturated rings. The molecule has 4 N–H and O–H groups in total. The summed E-state index contributed by atoms with van der Waals surface area (Å²) in [6.45, 7) is 0. The van der Waals surface area contributed by atoms with Crippen LogP contribution in [0, 0.1) is 0 Å². The second-order valence-corrected chi connectivity index (χ2v) is 4.12. The molecular formula is C7H10N2O4S. The monoisotopic (exact) mass is 218 g/mol. The molecule has 14 heavy (non-hydrogen) atoms. The standard InChI is InChI=1S/C7H10N2O4S/c8-3(7(12)13)2-14-4-1-5(10)9-6(4)11/h3-4H,1-2,8H2,(H,12,13)(H,9,10,11)/t3-,4?/m0/s1. The molecule has 2 amide bonds. The quantitative estimate of drug-likeness (QED) is 0.498. The van der Waals surface area contributed by atoms with E-state index in [1.165, 1.54) is 0 Å². The van der Waals surface area contributed by atoms with E-state index in [2.05, 4.69) is 5.32 Å². The maximum absolute atomic E-state index is 11.0. The average Bonchev–Trinajstić information content (AvgIpc) is 2.40. The van der Waals surface area contributed by atoms with E-state index in [9.17, 15) is 14.4 Å². The Labute approximate surface area is 84.2 Å². The Hall–Kier alpha value is -1.08. The predicted octanol–water partition coefficient (Wildman–Crippen LogP) is -1.45. The first-order valence-corrected chi connectivity index (χ1v) is 4.99. The van der Waals surface area contributed by atoms with Gasteiger partial charge < -0.3 is 10.8 Å². The molecule has 0 aromatic carbocycles. The fourth-order valence-corrected chi connectivity index (χ4v) is 2.02. The molecule has 1 aliphatic rings. The fraction of sp³-hybridized carbons (Fsp3) is 0.571. The van der Waals surface area contributed by atoms with E-state index in [1.807, 2.05) is 0 Å². The summed E-state index contributed by atoms with van der Waals surface area (Å²) >= 11 is 1.09. The van der Waals surface area contributed by atoms with Crippen molar-refractivity contribution in [3.05, 3.63) is 0 Å². The number of nitrogens with one attached hydrogen (secondary N) is 1. The smallest absolute Gasteiger partial charge is 0.321 e. The Morgan fingerprint density at radius 1 is 1.71 bits per heavy atom. The van der Waals surface area contributed by atoms with Crippen LogP contribution in [0.5, 0.6) is 0 Å². The highest BCUT2D eigenvalue weighted by molar-refractivity contribution is 8.00. The van der Waals surface area contributed by atoms with Gasteiger partial charge in [0.2, 0.25) is 11.8 Å². The van der Waals surface area contributed by atoms with E-state index in [4.69, 9.17) is 10.8 Å². The van der Waals surface area contributed by atoms with Gasteiger partial charge in [-0.15, -0.1) is 11.8 Å². The molecule has 0 aliphatic carbocycles. The minimum atomic E-state index is -1.11. The van der Waals surface area contributed by atoms with Crippen molar-refractivity contribution in [3.8, 4) is 0 Å². The van der Waals surface area contributed by atoms with Crippen molar-refractivity contribution in [2.75, 3.05) is 5.75 Å². The molecule has 7 heteroatoms. The second-order valence-electron chi connectivity index (χ2n) is 2.88. The van der Waals surface area contributed by atoms with Gasteiger partial charge in [-0.05, 0) is 0 Å². The van der Waals surface area contributed by atoms with Gasteiger partial charge in [-0.2, -0.15) is 0 Å². The average molecular weight is 218 g/mol. The van der Waals surface area contributed by atoms with Gasteiger partial charge in [0.1, 0.15) is 6.04 Å². The number of carboxylic acid groups (broad SMARTS) is 1. The summed E-state index contributed by atoms with van der Waals surface area (Å²) in [6, 6.07) is -0.997. The molecule has 0 bridgehead atoms. The van der Waals surface area contributed by atoms with Crippen molar-refractivity contribution in [1.29, 1.82) is 0 Å².